The van der Waals surface area contributed by atoms with E-state index < -0.39 is 22.0 Å². The molecule has 23 heavy (non-hydrogen) atoms. The standard InChI is InChI=1S/C17H20N2O3S/c1-3-14-9-11-15(12-10-14)18-17(20)13(2)19-23(21,22)16-7-5-4-6-8-16/h4-13,19H,3H2,1-2H3,(H,18,20)/t13-/m1/s1. The summed E-state index contributed by atoms with van der Waals surface area (Å²) in [5.41, 5.74) is 1.80. The van der Waals surface area contributed by atoms with Gasteiger partial charge in [0.1, 0.15) is 0 Å². The summed E-state index contributed by atoms with van der Waals surface area (Å²) in [5.74, 6) is -0.409. The first-order valence-electron chi connectivity index (χ1n) is 7.39. The largest absolute Gasteiger partial charge is 0.325 e. The van der Waals surface area contributed by atoms with Gasteiger partial charge in [0.05, 0.1) is 10.9 Å². The summed E-state index contributed by atoms with van der Waals surface area (Å²) in [7, 11) is -3.72. The molecule has 0 aliphatic rings. The number of amides is 1. The number of carbonyl (C=O) groups is 1. The molecule has 0 heterocycles. The third kappa shape index (κ3) is 4.64. The third-order valence-electron chi connectivity index (χ3n) is 3.41. The Morgan fingerprint density at radius 2 is 1.65 bits per heavy atom. The van der Waals surface area contributed by atoms with Crippen LogP contribution in [0.3, 0.4) is 0 Å². The van der Waals surface area contributed by atoms with Crippen molar-refractivity contribution >= 4 is 21.6 Å². The minimum absolute atomic E-state index is 0.131. The molecule has 122 valence electrons. The average Bonchev–Trinajstić information content (AvgIpc) is 2.56. The lowest BCUT2D eigenvalue weighted by Gasteiger charge is -2.14. The molecule has 0 aromatic heterocycles. The van der Waals surface area contributed by atoms with E-state index in [4.69, 9.17) is 0 Å². The zero-order valence-corrected chi connectivity index (χ0v) is 13.9. The highest BCUT2D eigenvalue weighted by atomic mass is 32.2. The summed E-state index contributed by atoms with van der Waals surface area (Å²) in [6.07, 6.45) is 0.918. The van der Waals surface area contributed by atoms with E-state index in [-0.39, 0.29) is 4.90 Å². The third-order valence-corrected chi connectivity index (χ3v) is 4.97. The second kappa shape index (κ2) is 7.39. The van der Waals surface area contributed by atoms with Crippen LogP contribution >= 0.6 is 0 Å². The summed E-state index contributed by atoms with van der Waals surface area (Å²) in [6, 6.07) is 14.5. The molecular weight excluding hydrogens is 312 g/mol. The van der Waals surface area contributed by atoms with Crippen molar-refractivity contribution in [2.24, 2.45) is 0 Å². The van der Waals surface area contributed by atoms with Gasteiger partial charge in [-0.25, -0.2) is 8.42 Å². The Kier molecular flexibility index (Phi) is 5.52. The number of hydrogen-bond donors (Lipinski definition) is 2. The van der Waals surface area contributed by atoms with Crippen LogP contribution in [0.4, 0.5) is 5.69 Å². The van der Waals surface area contributed by atoms with Crippen LogP contribution in [-0.4, -0.2) is 20.4 Å². The van der Waals surface area contributed by atoms with Crippen LogP contribution in [0, 0.1) is 0 Å². The number of nitrogens with one attached hydrogen (secondary N) is 2. The lowest BCUT2D eigenvalue weighted by molar-refractivity contribution is -0.117. The normalized spacial score (nSPS) is 12.6. The van der Waals surface area contributed by atoms with Gasteiger partial charge < -0.3 is 5.32 Å². The van der Waals surface area contributed by atoms with Gasteiger partial charge in [0.25, 0.3) is 0 Å². The molecule has 2 aromatic carbocycles. The molecule has 1 atom stereocenters. The Morgan fingerprint density at radius 1 is 1.04 bits per heavy atom. The van der Waals surface area contributed by atoms with Crippen molar-refractivity contribution in [3.63, 3.8) is 0 Å². The maximum absolute atomic E-state index is 12.2. The lowest BCUT2D eigenvalue weighted by Crippen LogP contribution is -2.41. The van der Waals surface area contributed by atoms with Crippen LogP contribution in [0.2, 0.25) is 0 Å². The van der Waals surface area contributed by atoms with Crippen LogP contribution in [-0.2, 0) is 21.2 Å². The van der Waals surface area contributed by atoms with E-state index in [1.54, 1.807) is 30.3 Å². The monoisotopic (exact) mass is 332 g/mol. The first-order valence-corrected chi connectivity index (χ1v) is 8.88. The van der Waals surface area contributed by atoms with E-state index >= 15 is 0 Å². The van der Waals surface area contributed by atoms with Gasteiger partial charge in [-0.15, -0.1) is 0 Å². The molecule has 0 saturated carbocycles. The average molecular weight is 332 g/mol. The van der Waals surface area contributed by atoms with E-state index in [1.807, 2.05) is 19.1 Å². The summed E-state index contributed by atoms with van der Waals surface area (Å²) in [5, 5.41) is 2.70. The zero-order chi connectivity index (χ0) is 16.9. The highest BCUT2D eigenvalue weighted by molar-refractivity contribution is 7.89. The van der Waals surface area contributed by atoms with Crippen molar-refractivity contribution in [3.05, 3.63) is 60.2 Å². The fourth-order valence-corrected chi connectivity index (χ4v) is 3.25. The van der Waals surface area contributed by atoms with Crippen molar-refractivity contribution in [2.45, 2.75) is 31.2 Å². The second-order valence-corrected chi connectivity index (χ2v) is 6.91. The fourth-order valence-electron chi connectivity index (χ4n) is 2.03. The Bertz CT molecular complexity index is 756. The molecule has 5 nitrogen and oxygen atoms in total. The highest BCUT2D eigenvalue weighted by Crippen LogP contribution is 2.12. The summed E-state index contributed by atoms with van der Waals surface area (Å²) < 4.78 is 26.8. The van der Waals surface area contributed by atoms with E-state index in [1.165, 1.54) is 24.6 Å². The number of hydrogen-bond acceptors (Lipinski definition) is 3. The summed E-state index contributed by atoms with van der Waals surface area (Å²) >= 11 is 0. The highest BCUT2D eigenvalue weighted by Gasteiger charge is 2.21. The molecule has 2 aromatic rings. The maximum atomic E-state index is 12.2. The second-order valence-electron chi connectivity index (χ2n) is 5.20. The van der Waals surface area contributed by atoms with Crippen LogP contribution in [0.15, 0.2) is 59.5 Å². The first-order chi connectivity index (χ1) is 10.9. The van der Waals surface area contributed by atoms with Gasteiger partial charge in [0.2, 0.25) is 15.9 Å². The summed E-state index contributed by atoms with van der Waals surface area (Å²) in [4.78, 5) is 12.3. The maximum Gasteiger partial charge on any atom is 0.242 e. The van der Waals surface area contributed by atoms with Gasteiger partial charge in [-0.3, -0.25) is 4.79 Å². The van der Waals surface area contributed by atoms with E-state index in [0.29, 0.717) is 5.69 Å². The van der Waals surface area contributed by atoms with Crippen molar-refractivity contribution in [1.82, 2.24) is 4.72 Å². The van der Waals surface area contributed by atoms with Crippen molar-refractivity contribution < 1.29 is 13.2 Å². The molecule has 2 N–H and O–H groups in total. The zero-order valence-electron chi connectivity index (χ0n) is 13.1. The summed E-state index contributed by atoms with van der Waals surface area (Å²) in [6.45, 7) is 3.56. The fraction of sp³-hybridized carbons (Fsp3) is 0.235. The van der Waals surface area contributed by atoms with Gasteiger partial charge in [-0.1, -0.05) is 37.3 Å². The predicted molar refractivity (Wildman–Crippen MR) is 90.7 cm³/mol. The minimum atomic E-state index is -3.72. The molecule has 2 rings (SSSR count). The van der Waals surface area contributed by atoms with E-state index in [0.717, 1.165) is 6.42 Å². The minimum Gasteiger partial charge on any atom is -0.325 e. The van der Waals surface area contributed by atoms with Gasteiger partial charge in [0.15, 0.2) is 0 Å². The van der Waals surface area contributed by atoms with Gasteiger partial charge >= 0.3 is 0 Å². The number of rotatable bonds is 6. The smallest absolute Gasteiger partial charge is 0.242 e. The Hall–Kier alpha value is -2.18. The van der Waals surface area contributed by atoms with Crippen molar-refractivity contribution in [1.29, 1.82) is 0 Å². The number of sulfonamides is 1. The molecule has 0 unspecified atom stereocenters. The number of anilines is 1. The molecule has 0 bridgehead atoms. The van der Waals surface area contributed by atoms with Crippen LogP contribution in [0.1, 0.15) is 19.4 Å². The van der Waals surface area contributed by atoms with Gasteiger partial charge in [-0.2, -0.15) is 4.72 Å². The van der Waals surface area contributed by atoms with Crippen molar-refractivity contribution in [3.8, 4) is 0 Å². The molecule has 0 spiro atoms. The quantitative estimate of drug-likeness (QED) is 0.853. The molecule has 0 fully saturated rings. The molecule has 0 aliphatic carbocycles. The Morgan fingerprint density at radius 3 is 2.22 bits per heavy atom. The van der Waals surface area contributed by atoms with Crippen LogP contribution in [0.25, 0.3) is 0 Å². The molecule has 0 aliphatic heterocycles. The van der Waals surface area contributed by atoms with E-state index in [9.17, 15) is 13.2 Å². The number of carbonyl (C=O) groups excluding carboxylic acids is 1. The Balaban J connectivity index is 2.02. The molecular formula is C17H20N2O3S. The molecule has 0 saturated heterocycles. The lowest BCUT2D eigenvalue weighted by atomic mass is 10.1. The Labute approximate surface area is 136 Å². The molecule has 1 amide bonds. The number of benzene rings is 2. The first kappa shape index (κ1) is 17.2. The van der Waals surface area contributed by atoms with Crippen LogP contribution < -0.4 is 10.0 Å². The molecule has 6 heteroatoms. The van der Waals surface area contributed by atoms with Crippen LogP contribution in [0.5, 0.6) is 0 Å². The van der Waals surface area contributed by atoms with Crippen molar-refractivity contribution in [2.75, 3.05) is 5.32 Å². The van der Waals surface area contributed by atoms with Gasteiger partial charge in [0, 0.05) is 5.69 Å². The molecule has 0 radical (unpaired) electrons. The van der Waals surface area contributed by atoms with E-state index in [2.05, 4.69) is 10.0 Å². The topological polar surface area (TPSA) is 75.3 Å². The predicted octanol–water partition coefficient (Wildman–Crippen LogP) is 2.55. The van der Waals surface area contributed by atoms with Gasteiger partial charge in [-0.05, 0) is 43.2 Å². The number of aryl methyl sites for hydroxylation is 1. The SMILES string of the molecule is CCc1ccc(NC(=O)[C@@H](C)NS(=O)(=O)c2ccccc2)cc1.